The summed E-state index contributed by atoms with van der Waals surface area (Å²) in [5.74, 6) is -0.0779. The first-order chi connectivity index (χ1) is 15.0. The van der Waals surface area contributed by atoms with E-state index < -0.39 is 5.41 Å². The van der Waals surface area contributed by atoms with Gasteiger partial charge in [-0.15, -0.1) is 11.3 Å². The Morgan fingerprint density at radius 1 is 1.19 bits per heavy atom. The van der Waals surface area contributed by atoms with E-state index in [9.17, 15) is 9.59 Å². The number of anilines is 2. The van der Waals surface area contributed by atoms with Crippen molar-refractivity contribution in [2.45, 2.75) is 53.2 Å². The first kappa shape index (κ1) is 24.3. The minimum Gasteiger partial charge on any atom is -0.378 e. The van der Waals surface area contributed by atoms with Gasteiger partial charge in [0.15, 0.2) is 0 Å². The van der Waals surface area contributed by atoms with Crippen LogP contribution in [0.1, 0.15) is 54.4 Å². The van der Waals surface area contributed by atoms with Crippen LogP contribution in [0.2, 0.25) is 0 Å². The van der Waals surface area contributed by atoms with Crippen molar-refractivity contribution in [3.63, 3.8) is 0 Å². The van der Waals surface area contributed by atoms with E-state index in [1.807, 2.05) is 52.8 Å². The first-order valence-corrected chi connectivity index (χ1v) is 12.0. The van der Waals surface area contributed by atoms with Crippen molar-refractivity contribution < 1.29 is 14.3 Å². The molecule has 1 N–H and O–H groups in total. The Bertz CT molecular complexity index is 938. The third-order valence-corrected chi connectivity index (χ3v) is 6.73. The molecule has 1 atom stereocenters. The minimum absolute atomic E-state index is 0.0176. The molecule has 174 valence electrons. The Balaban J connectivity index is 1.81. The number of ether oxygens (including phenoxy) is 1. The maximum atomic E-state index is 13.6. The minimum atomic E-state index is -0.493. The molecule has 3 rings (SSSR count). The summed E-state index contributed by atoms with van der Waals surface area (Å²) in [5, 5.41) is 3.66. The van der Waals surface area contributed by atoms with Crippen molar-refractivity contribution in [1.29, 1.82) is 0 Å². The number of thiophene rings is 1. The van der Waals surface area contributed by atoms with Crippen LogP contribution in [0, 0.1) is 12.3 Å². The number of rotatable bonds is 7. The maximum Gasteiger partial charge on any atom is 0.264 e. The Hall–Kier alpha value is -2.38. The summed E-state index contributed by atoms with van der Waals surface area (Å²) in [6, 6.07) is 10.2. The van der Waals surface area contributed by atoms with Gasteiger partial charge in [0.05, 0.1) is 16.0 Å². The highest BCUT2D eigenvalue weighted by molar-refractivity contribution is 7.18. The molecule has 1 saturated heterocycles. The number of amides is 2. The van der Waals surface area contributed by atoms with E-state index in [4.69, 9.17) is 4.74 Å². The lowest BCUT2D eigenvalue weighted by molar-refractivity contribution is -0.123. The molecule has 1 aliphatic rings. The molecule has 0 bridgehead atoms. The molecule has 0 radical (unpaired) electrons. The number of nitrogens with zero attached hydrogens (tertiary/aromatic N) is 2. The van der Waals surface area contributed by atoms with Gasteiger partial charge in [0.1, 0.15) is 0 Å². The topological polar surface area (TPSA) is 61.9 Å². The van der Waals surface area contributed by atoms with Gasteiger partial charge in [0.2, 0.25) is 5.91 Å². The van der Waals surface area contributed by atoms with Crippen LogP contribution in [0.15, 0.2) is 30.3 Å². The highest BCUT2D eigenvalue weighted by Crippen LogP contribution is 2.30. The number of hydrogen-bond donors (Lipinski definition) is 1. The fourth-order valence-corrected chi connectivity index (χ4v) is 4.61. The number of aryl methyl sites for hydroxylation is 1. The van der Waals surface area contributed by atoms with Gasteiger partial charge < -0.3 is 19.9 Å². The SMILES string of the molecule is Cc1cc(NC(=O)C(C)(C)C)sc1C(=O)N(Cc1ccc(N(C)C)cc1)CC1CCCO1. The molecular formula is C25H35N3O3S. The molecule has 7 heteroatoms. The van der Waals surface area contributed by atoms with Crippen molar-refractivity contribution >= 4 is 33.8 Å². The predicted octanol–water partition coefficient (Wildman–Crippen LogP) is 4.93. The van der Waals surface area contributed by atoms with Crippen molar-refractivity contribution in [3.05, 3.63) is 46.3 Å². The molecule has 6 nitrogen and oxygen atoms in total. The van der Waals surface area contributed by atoms with Gasteiger partial charge in [-0.05, 0) is 49.1 Å². The van der Waals surface area contributed by atoms with E-state index in [1.54, 1.807) is 0 Å². The predicted molar refractivity (Wildman–Crippen MR) is 132 cm³/mol. The molecule has 0 saturated carbocycles. The van der Waals surface area contributed by atoms with Gasteiger partial charge in [-0.3, -0.25) is 9.59 Å². The Morgan fingerprint density at radius 3 is 2.44 bits per heavy atom. The van der Waals surface area contributed by atoms with Crippen LogP contribution in [0.25, 0.3) is 0 Å². The zero-order valence-electron chi connectivity index (χ0n) is 20.0. The fourth-order valence-electron chi connectivity index (χ4n) is 3.57. The number of hydrogen-bond acceptors (Lipinski definition) is 5. The summed E-state index contributed by atoms with van der Waals surface area (Å²) < 4.78 is 5.83. The zero-order chi connectivity index (χ0) is 23.5. The molecule has 1 aromatic heterocycles. The summed E-state index contributed by atoms with van der Waals surface area (Å²) in [6.45, 7) is 9.39. The highest BCUT2D eigenvalue weighted by atomic mass is 32.1. The van der Waals surface area contributed by atoms with Crippen LogP contribution < -0.4 is 10.2 Å². The number of carbonyl (C=O) groups excluding carboxylic acids is 2. The fraction of sp³-hybridized carbons (Fsp3) is 0.520. The van der Waals surface area contributed by atoms with Crippen LogP contribution in [0.5, 0.6) is 0 Å². The molecule has 32 heavy (non-hydrogen) atoms. The third-order valence-electron chi connectivity index (χ3n) is 5.59. The molecule has 0 aliphatic carbocycles. The lowest BCUT2D eigenvalue weighted by atomic mass is 9.96. The Kier molecular flexibility index (Phi) is 7.62. The van der Waals surface area contributed by atoms with E-state index in [-0.39, 0.29) is 17.9 Å². The summed E-state index contributed by atoms with van der Waals surface area (Å²) in [7, 11) is 4.02. The van der Waals surface area contributed by atoms with Crippen molar-refractivity contribution in [2.24, 2.45) is 5.41 Å². The average molecular weight is 458 g/mol. The molecular weight excluding hydrogens is 422 g/mol. The molecule has 1 unspecified atom stereocenters. The smallest absolute Gasteiger partial charge is 0.264 e. The standard InChI is InChI=1S/C25H35N3O3S/c1-17-14-21(26-24(30)25(2,3)4)32-22(17)23(29)28(16-20-8-7-13-31-20)15-18-9-11-19(12-10-18)27(5)6/h9-12,14,20H,7-8,13,15-16H2,1-6H3,(H,26,30). The second kappa shape index (κ2) is 10.0. The molecule has 0 spiro atoms. The molecule has 2 aromatic rings. The van der Waals surface area contributed by atoms with Gasteiger partial charge in [-0.2, -0.15) is 0 Å². The lowest BCUT2D eigenvalue weighted by Crippen LogP contribution is -2.36. The van der Waals surface area contributed by atoms with E-state index in [0.29, 0.717) is 23.0 Å². The van der Waals surface area contributed by atoms with E-state index in [1.165, 1.54) is 11.3 Å². The van der Waals surface area contributed by atoms with Crippen molar-refractivity contribution in [3.8, 4) is 0 Å². The van der Waals surface area contributed by atoms with Gasteiger partial charge in [0, 0.05) is 44.9 Å². The van der Waals surface area contributed by atoms with Crippen LogP contribution in [-0.4, -0.2) is 50.1 Å². The maximum absolute atomic E-state index is 13.6. The quantitative estimate of drug-likeness (QED) is 0.640. The summed E-state index contributed by atoms with van der Waals surface area (Å²) in [5.41, 5.74) is 2.59. The summed E-state index contributed by atoms with van der Waals surface area (Å²) in [4.78, 5) is 30.6. The summed E-state index contributed by atoms with van der Waals surface area (Å²) >= 11 is 1.34. The monoisotopic (exact) mass is 457 g/mol. The molecule has 2 heterocycles. The van der Waals surface area contributed by atoms with Gasteiger partial charge in [-0.1, -0.05) is 32.9 Å². The molecule has 1 fully saturated rings. The number of carbonyl (C=O) groups is 2. The molecule has 1 aromatic carbocycles. The van der Waals surface area contributed by atoms with Crippen LogP contribution in [0.4, 0.5) is 10.7 Å². The first-order valence-electron chi connectivity index (χ1n) is 11.1. The summed E-state index contributed by atoms with van der Waals surface area (Å²) in [6.07, 6.45) is 2.07. The lowest BCUT2D eigenvalue weighted by Gasteiger charge is -2.26. The van der Waals surface area contributed by atoms with E-state index in [0.717, 1.165) is 36.3 Å². The van der Waals surface area contributed by atoms with Crippen LogP contribution in [0.3, 0.4) is 0 Å². The average Bonchev–Trinajstić information content (AvgIpc) is 3.36. The van der Waals surface area contributed by atoms with Crippen molar-refractivity contribution in [2.75, 3.05) is 37.5 Å². The van der Waals surface area contributed by atoms with Gasteiger partial charge in [-0.25, -0.2) is 0 Å². The van der Waals surface area contributed by atoms with E-state index >= 15 is 0 Å². The van der Waals surface area contributed by atoms with Crippen molar-refractivity contribution in [1.82, 2.24) is 4.90 Å². The second-order valence-corrected chi connectivity index (χ2v) is 10.8. The van der Waals surface area contributed by atoms with Crippen LogP contribution in [-0.2, 0) is 16.1 Å². The third kappa shape index (κ3) is 6.11. The second-order valence-electron chi connectivity index (χ2n) is 9.71. The van der Waals surface area contributed by atoms with Gasteiger partial charge in [0.25, 0.3) is 5.91 Å². The normalized spacial score (nSPS) is 16.1. The highest BCUT2D eigenvalue weighted by Gasteiger charge is 2.27. The Morgan fingerprint density at radius 2 is 1.88 bits per heavy atom. The largest absolute Gasteiger partial charge is 0.378 e. The number of benzene rings is 1. The van der Waals surface area contributed by atoms with Crippen LogP contribution >= 0.6 is 11.3 Å². The van der Waals surface area contributed by atoms with E-state index in [2.05, 4.69) is 34.5 Å². The number of nitrogens with one attached hydrogen (secondary N) is 1. The molecule has 2 amide bonds. The molecule has 1 aliphatic heterocycles. The van der Waals surface area contributed by atoms with Gasteiger partial charge >= 0.3 is 0 Å². The zero-order valence-corrected chi connectivity index (χ0v) is 20.8. The Labute approximate surface area is 195 Å².